The van der Waals surface area contributed by atoms with Gasteiger partial charge in [-0.3, -0.25) is 4.79 Å². The smallest absolute Gasteiger partial charge is 0.259 e. The number of fused-ring (bicyclic) bond motifs is 2. The first-order chi connectivity index (χ1) is 15.7. The van der Waals surface area contributed by atoms with E-state index in [2.05, 4.69) is 10.1 Å². The van der Waals surface area contributed by atoms with Gasteiger partial charge in [0.05, 0.1) is 17.7 Å². The lowest BCUT2D eigenvalue weighted by Crippen LogP contribution is -2.32. The molecule has 0 N–H and O–H groups in total. The molecule has 5 nitrogen and oxygen atoms in total. The van der Waals surface area contributed by atoms with E-state index in [0.717, 1.165) is 45.0 Å². The molecular formula is C25H18FN3O2S. The van der Waals surface area contributed by atoms with E-state index in [4.69, 9.17) is 4.52 Å². The molecule has 0 spiro atoms. The number of halogens is 1. The molecular weight excluding hydrogens is 425 g/mol. The third-order valence-electron chi connectivity index (χ3n) is 5.68. The molecule has 1 amide bonds. The molecule has 2 aliphatic rings. The molecule has 158 valence electrons. The van der Waals surface area contributed by atoms with Crippen molar-refractivity contribution in [3.05, 3.63) is 89.6 Å². The highest BCUT2D eigenvalue weighted by Gasteiger charge is 2.38. The van der Waals surface area contributed by atoms with Gasteiger partial charge in [0.2, 0.25) is 11.7 Å². The molecule has 7 heteroatoms. The standard InChI is InChI=1S/C25H18FN3O2S/c26-17-8-5-15(6-9-17)13-23-27-24(28-31-23)16-7-12-20-22(14-16)32-21-4-2-1-3-19(21)25(30)29(20)18-10-11-18/h1-9,12,14,18H,10-11,13H2. The summed E-state index contributed by atoms with van der Waals surface area (Å²) in [6.45, 7) is 0. The third kappa shape index (κ3) is 3.48. The minimum absolute atomic E-state index is 0.0586. The number of benzene rings is 3. The second kappa shape index (κ2) is 7.60. The van der Waals surface area contributed by atoms with Crippen molar-refractivity contribution in [2.45, 2.75) is 35.1 Å². The number of anilines is 1. The zero-order chi connectivity index (χ0) is 21.7. The number of carbonyl (C=O) groups is 1. The van der Waals surface area contributed by atoms with E-state index in [9.17, 15) is 9.18 Å². The van der Waals surface area contributed by atoms with Gasteiger partial charge in [0.25, 0.3) is 5.91 Å². The maximum absolute atomic E-state index is 13.3. The summed E-state index contributed by atoms with van der Waals surface area (Å²) in [6.07, 6.45) is 2.49. The van der Waals surface area contributed by atoms with Crippen LogP contribution in [0.3, 0.4) is 0 Å². The Balaban J connectivity index is 1.35. The highest BCUT2D eigenvalue weighted by atomic mass is 32.2. The summed E-state index contributed by atoms with van der Waals surface area (Å²) in [5.74, 6) is 0.743. The van der Waals surface area contributed by atoms with E-state index in [1.807, 2.05) is 47.4 Å². The topological polar surface area (TPSA) is 59.2 Å². The Hall–Kier alpha value is -3.45. The van der Waals surface area contributed by atoms with Gasteiger partial charge >= 0.3 is 0 Å². The number of hydrogen-bond acceptors (Lipinski definition) is 5. The predicted octanol–water partition coefficient (Wildman–Crippen LogP) is 5.74. The zero-order valence-electron chi connectivity index (χ0n) is 17.0. The minimum Gasteiger partial charge on any atom is -0.339 e. The molecule has 32 heavy (non-hydrogen) atoms. The number of nitrogens with zero attached hydrogens (tertiary/aromatic N) is 3. The van der Waals surface area contributed by atoms with Crippen LogP contribution in [0, 0.1) is 5.82 Å². The minimum atomic E-state index is -0.275. The summed E-state index contributed by atoms with van der Waals surface area (Å²) in [7, 11) is 0. The number of carbonyl (C=O) groups excluding carboxylic acids is 1. The first kappa shape index (κ1) is 19.3. The first-order valence-corrected chi connectivity index (χ1v) is 11.3. The van der Waals surface area contributed by atoms with E-state index in [-0.39, 0.29) is 17.8 Å². The molecule has 1 aliphatic heterocycles. The van der Waals surface area contributed by atoms with Crippen LogP contribution in [0.15, 0.2) is 81.0 Å². The Morgan fingerprint density at radius 3 is 2.66 bits per heavy atom. The van der Waals surface area contributed by atoms with Crippen LogP contribution in [0.25, 0.3) is 11.4 Å². The van der Waals surface area contributed by atoms with E-state index in [0.29, 0.717) is 18.1 Å². The Bertz CT molecular complexity index is 1330. The molecule has 4 aromatic rings. The van der Waals surface area contributed by atoms with Crippen LogP contribution in [0.2, 0.25) is 0 Å². The SMILES string of the molecule is O=C1c2ccccc2Sc2cc(-c3noc(Cc4ccc(F)cc4)n3)ccc2N1C1CC1. The van der Waals surface area contributed by atoms with Crippen molar-refractivity contribution < 1.29 is 13.7 Å². The Morgan fingerprint density at radius 1 is 1.03 bits per heavy atom. The van der Waals surface area contributed by atoms with Crippen molar-refractivity contribution in [3.8, 4) is 11.4 Å². The molecule has 3 aromatic carbocycles. The van der Waals surface area contributed by atoms with Crippen LogP contribution in [-0.4, -0.2) is 22.1 Å². The van der Waals surface area contributed by atoms with Crippen molar-refractivity contribution in [2.75, 3.05) is 4.90 Å². The molecule has 6 rings (SSSR count). The van der Waals surface area contributed by atoms with Gasteiger partial charge in [-0.15, -0.1) is 0 Å². The van der Waals surface area contributed by atoms with Gasteiger partial charge in [-0.05, 0) is 60.9 Å². The van der Waals surface area contributed by atoms with Crippen LogP contribution in [0.5, 0.6) is 0 Å². The fraction of sp³-hybridized carbons (Fsp3) is 0.160. The fourth-order valence-electron chi connectivity index (χ4n) is 3.94. The molecule has 0 radical (unpaired) electrons. The van der Waals surface area contributed by atoms with Gasteiger partial charge in [-0.1, -0.05) is 41.2 Å². The van der Waals surface area contributed by atoms with Gasteiger partial charge in [-0.25, -0.2) is 4.39 Å². The summed E-state index contributed by atoms with van der Waals surface area (Å²) in [5.41, 5.74) is 3.39. The van der Waals surface area contributed by atoms with Gasteiger partial charge in [0, 0.05) is 21.4 Å². The maximum Gasteiger partial charge on any atom is 0.259 e. The van der Waals surface area contributed by atoms with E-state index in [1.165, 1.54) is 12.1 Å². The lowest BCUT2D eigenvalue weighted by molar-refractivity contribution is 0.0982. The van der Waals surface area contributed by atoms with Crippen LogP contribution in [0.1, 0.15) is 34.7 Å². The zero-order valence-corrected chi connectivity index (χ0v) is 17.8. The average molecular weight is 444 g/mol. The quantitative estimate of drug-likeness (QED) is 0.403. The Morgan fingerprint density at radius 2 is 1.84 bits per heavy atom. The van der Waals surface area contributed by atoms with Gasteiger partial charge < -0.3 is 9.42 Å². The summed E-state index contributed by atoms with van der Waals surface area (Å²) >= 11 is 1.59. The molecule has 1 fully saturated rings. The number of amides is 1. The van der Waals surface area contributed by atoms with E-state index in [1.54, 1.807) is 23.9 Å². The largest absolute Gasteiger partial charge is 0.339 e. The molecule has 1 saturated carbocycles. The second-order valence-corrected chi connectivity index (χ2v) is 9.09. The van der Waals surface area contributed by atoms with Crippen molar-refractivity contribution in [1.82, 2.24) is 10.1 Å². The van der Waals surface area contributed by atoms with Crippen molar-refractivity contribution in [1.29, 1.82) is 0 Å². The van der Waals surface area contributed by atoms with Crippen LogP contribution in [0.4, 0.5) is 10.1 Å². The van der Waals surface area contributed by atoms with Crippen molar-refractivity contribution in [2.24, 2.45) is 0 Å². The summed E-state index contributed by atoms with van der Waals surface area (Å²) < 4.78 is 18.6. The molecule has 0 saturated heterocycles. The van der Waals surface area contributed by atoms with Crippen LogP contribution in [-0.2, 0) is 6.42 Å². The molecule has 0 bridgehead atoms. The van der Waals surface area contributed by atoms with E-state index < -0.39 is 0 Å². The van der Waals surface area contributed by atoms with Gasteiger partial charge in [0.15, 0.2) is 0 Å². The van der Waals surface area contributed by atoms with Crippen LogP contribution < -0.4 is 4.90 Å². The van der Waals surface area contributed by atoms with Crippen LogP contribution >= 0.6 is 11.8 Å². The maximum atomic E-state index is 13.3. The number of rotatable bonds is 4. The lowest BCUT2D eigenvalue weighted by Gasteiger charge is -2.22. The molecule has 0 atom stereocenters. The molecule has 2 heterocycles. The summed E-state index contributed by atoms with van der Waals surface area (Å²) in [4.78, 5) is 21.7. The first-order valence-electron chi connectivity index (χ1n) is 10.5. The second-order valence-electron chi connectivity index (χ2n) is 8.00. The predicted molar refractivity (Wildman–Crippen MR) is 119 cm³/mol. The lowest BCUT2D eigenvalue weighted by atomic mass is 10.1. The summed E-state index contributed by atoms with van der Waals surface area (Å²) in [6, 6.07) is 20.2. The number of hydrogen-bond donors (Lipinski definition) is 0. The molecule has 1 aliphatic carbocycles. The highest BCUT2D eigenvalue weighted by Crippen LogP contribution is 2.46. The van der Waals surface area contributed by atoms with Gasteiger partial charge in [-0.2, -0.15) is 4.98 Å². The Labute approximate surface area is 188 Å². The number of aromatic nitrogens is 2. The normalized spacial score (nSPS) is 15.3. The van der Waals surface area contributed by atoms with Crippen molar-refractivity contribution >= 4 is 23.4 Å². The summed E-state index contributed by atoms with van der Waals surface area (Å²) in [5, 5.41) is 4.15. The highest BCUT2D eigenvalue weighted by molar-refractivity contribution is 7.99. The third-order valence-corrected chi connectivity index (χ3v) is 6.81. The van der Waals surface area contributed by atoms with Gasteiger partial charge in [0.1, 0.15) is 5.82 Å². The van der Waals surface area contributed by atoms with E-state index >= 15 is 0 Å². The Kier molecular flexibility index (Phi) is 4.57. The van der Waals surface area contributed by atoms with Crippen molar-refractivity contribution in [3.63, 3.8) is 0 Å². The average Bonchev–Trinajstić information content (AvgIpc) is 3.55. The fourth-order valence-corrected chi connectivity index (χ4v) is 5.05. The monoisotopic (exact) mass is 443 g/mol. The molecule has 1 aromatic heterocycles. The molecule has 0 unspecified atom stereocenters.